The van der Waals surface area contributed by atoms with Gasteiger partial charge in [-0.2, -0.15) is 0 Å². The molecule has 0 bridgehead atoms. The topological polar surface area (TPSA) is 82.3 Å². The van der Waals surface area contributed by atoms with Gasteiger partial charge in [-0.15, -0.1) is 11.8 Å². The van der Waals surface area contributed by atoms with E-state index in [2.05, 4.69) is 21.5 Å². The Balaban J connectivity index is 1.42. The predicted octanol–water partition coefficient (Wildman–Crippen LogP) is 2.32. The highest BCUT2D eigenvalue weighted by atomic mass is 32.2. The zero-order valence-corrected chi connectivity index (χ0v) is 15.8. The van der Waals surface area contributed by atoms with Crippen LogP contribution in [-0.4, -0.2) is 22.2 Å². The Morgan fingerprint density at radius 1 is 1.15 bits per heavy atom. The Morgan fingerprint density at radius 3 is 2.67 bits per heavy atom. The number of amides is 2. The molecule has 0 aromatic heterocycles. The van der Waals surface area contributed by atoms with E-state index in [-0.39, 0.29) is 29.2 Å². The van der Waals surface area contributed by atoms with Crippen LogP contribution in [0.1, 0.15) is 12.0 Å². The van der Waals surface area contributed by atoms with Crippen LogP contribution in [0.3, 0.4) is 0 Å². The highest BCUT2D eigenvalue weighted by Gasteiger charge is 2.28. The van der Waals surface area contributed by atoms with Crippen molar-refractivity contribution in [3.8, 4) is 0 Å². The molecule has 0 saturated heterocycles. The van der Waals surface area contributed by atoms with Gasteiger partial charge in [-0.1, -0.05) is 24.3 Å². The average molecular weight is 404 g/mol. The summed E-state index contributed by atoms with van der Waals surface area (Å²) in [5.74, 6) is -0.863. The number of thiocarbonyl (C=S) groups is 1. The van der Waals surface area contributed by atoms with Crippen molar-refractivity contribution in [3.63, 3.8) is 0 Å². The van der Waals surface area contributed by atoms with Crippen LogP contribution in [0.15, 0.2) is 53.4 Å². The van der Waals surface area contributed by atoms with E-state index >= 15 is 0 Å². The lowest BCUT2D eigenvalue weighted by Crippen LogP contribution is -2.47. The van der Waals surface area contributed by atoms with Crippen molar-refractivity contribution < 1.29 is 14.0 Å². The number of para-hydroxylation sites is 1. The second-order valence-electron chi connectivity index (χ2n) is 5.78. The first-order valence-electron chi connectivity index (χ1n) is 8.15. The molecule has 1 atom stereocenters. The Hall–Kier alpha value is -2.65. The molecule has 9 heteroatoms. The number of benzene rings is 2. The molecule has 4 N–H and O–H groups in total. The van der Waals surface area contributed by atoms with E-state index in [1.165, 1.54) is 23.9 Å². The number of carbonyl (C=O) groups is 2. The van der Waals surface area contributed by atoms with Crippen molar-refractivity contribution in [3.05, 3.63) is 59.9 Å². The van der Waals surface area contributed by atoms with E-state index < -0.39 is 5.25 Å². The standard InChI is InChI=1S/C18H17FN4O2S2/c19-12-7-5-11(6-8-12)10-20-18(26)23-22-16(24)9-15-17(25)21-13-3-1-2-4-14(13)27-15/h1-8,15H,9-10H2,(H,21,25)(H,22,24)(H2,20,23,26)/t15-/m0/s1. The number of hydrogen-bond donors (Lipinski definition) is 4. The third kappa shape index (κ3) is 5.41. The molecule has 140 valence electrons. The molecule has 2 aromatic carbocycles. The third-order valence-corrected chi connectivity index (χ3v) is 5.28. The Morgan fingerprint density at radius 2 is 1.89 bits per heavy atom. The molecular weight excluding hydrogens is 387 g/mol. The average Bonchev–Trinajstić information content (AvgIpc) is 2.66. The van der Waals surface area contributed by atoms with Gasteiger partial charge in [-0.3, -0.25) is 20.4 Å². The van der Waals surface area contributed by atoms with Gasteiger partial charge in [-0.25, -0.2) is 4.39 Å². The summed E-state index contributed by atoms with van der Waals surface area (Å²) < 4.78 is 12.9. The van der Waals surface area contributed by atoms with Crippen LogP contribution in [0.25, 0.3) is 0 Å². The molecule has 0 unspecified atom stereocenters. The van der Waals surface area contributed by atoms with Crippen molar-refractivity contribution in [1.29, 1.82) is 0 Å². The molecule has 6 nitrogen and oxygen atoms in total. The molecule has 3 rings (SSSR count). The van der Waals surface area contributed by atoms with Gasteiger partial charge in [0.15, 0.2) is 5.11 Å². The van der Waals surface area contributed by atoms with Gasteiger partial charge in [0.25, 0.3) is 0 Å². The summed E-state index contributed by atoms with van der Waals surface area (Å²) in [7, 11) is 0. The van der Waals surface area contributed by atoms with E-state index in [0.717, 1.165) is 16.1 Å². The van der Waals surface area contributed by atoms with E-state index in [4.69, 9.17) is 12.2 Å². The maximum Gasteiger partial charge on any atom is 0.240 e. The van der Waals surface area contributed by atoms with Crippen molar-refractivity contribution in [2.75, 3.05) is 5.32 Å². The van der Waals surface area contributed by atoms with Crippen LogP contribution in [-0.2, 0) is 16.1 Å². The molecule has 2 amide bonds. The molecule has 0 aliphatic carbocycles. The lowest BCUT2D eigenvalue weighted by Gasteiger charge is -2.23. The smallest absolute Gasteiger partial charge is 0.240 e. The SMILES string of the molecule is O=C(C[C@@H]1Sc2ccccc2NC1=O)NNC(=S)NCc1ccc(F)cc1. The largest absolute Gasteiger partial charge is 0.357 e. The summed E-state index contributed by atoms with van der Waals surface area (Å²) in [6.07, 6.45) is 0.0123. The van der Waals surface area contributed by atoms with E-state index in [9.17, 15) is 14.0 Å². The zero-order valence-electron chi connectivity index (χ0n) is 14.1. The molecule has 0 fully saturated rings. The molecular formula is C18H17FN4O2S2. The molecule has 2 aromatic rings. The van der Waals surface area contributed by atoms with E-state index in [0.29, 0.717) is 6.54 Å². The summed E-state index contributed by atoms with van der Waals surface area (Å²) in [4.78, 5) is 25.1. The van der Waals surface area contributed by atoms with Crippen LogP contribution in [0.5, 0.6) is 0 Å². The van der Waals surface area contributed by atoms with Crippen molar-refractivity contribution in [2.24, 2.45) is 0 Å². The number of halogens is 1. The number of fused-ring (bicyclic) bond motifs is 1. The van der Waals surface area contributed by atoms with Crippen molar-refractivity contribution in [1.82, 2.24) is 16.2 Å². The number of rotatable bonds is 4. The number of hydrazine groups is 1. The first kappa shape index (κ1) is 19.1. The quantitative estimate of drug-likeness (QED) is 0.463. The van der Waals surface area contributed by atoms with Crippen LogP contribution in [0.2, 0.25) is 0 Å². The predicted molar refractivity (Wildman–Crippen MR) is 106 cm³/mol. The van der Waals surface area contributed by atoms with Gasteiger partial charge < -0.3 is 10.6 Å². The maximum atomic E-state index is 12.9. The van der Waals surface area contributed by atoms with Crippen LogP contribution >= 0.6 is 24.0 Å². The summed E-state index contributed by atoms with van der Waals surface area (Å²) in [6.45, 7) is 0.389. The summed E-state index contributed by atoms with van der Waals surface area (Å²) >= 11 is 6.44. The minimum absolute atomic E-state index is 0.0123. The highest BCUT2D eigenvalue weighted by molar-refractivity contribution is 8.01. The number of nitrogens with one attached hydrogen (secondary N) is 4. The Kier molecular flexibility index (Phi) is 6.25. The first-order chi connectivity index (χ1) is 13.0. The number of hydrogen-bond acceptors (Lipinski definition) is 4. The molecule has 1 aliphatic heterocycles. The minimum atomic E-state index is -0.512. The van der Waals surface area contributed by atoms with Crippen molar-refractivity contribution >= 4 is 46.6 Å². The fraction of sp³-hybridized carbons (Fsp3) is 0.167. The number of thioether (sulfide) groups is 1. The second-order valence-corrected chi connectivity index (χ2v) is 7.43. The van der Waals surface area contributed by atoms with Crippen molar-refractivity contribution in [2.45, 2.75) is 23.1 Å². The molecule has 27 heavy (non-hydrogen) atoms. The fourth-order valence-corrected chi connectivity index (χ4v) is 3.64. The lowest BCUT2D eigenvalue weighted by molar-refractivity contribution is -0.124. The number of carbonyl (C=O) groups excluding carboxylic acids is 2. The zero-order chi connectivity index (χ0) is 19.2. The van der Waals surface area contributed by atoms with Gasteiger partial charge in [0.1, 0.15) is 5.82 Å². The summed E-state index contributed by atoms with van der Waals surface area (Å²) in [5.41, 5.74) is 6.67. The fourth-order valence-electron chi connectivity index (χ4n) is 2.40. The molecule has 0 saturated carbocycles. The monoisotopic (exact) mass is 404 g/mol. The molecule has 1 heterocycles. The molecule has 0 radical (unpaired) electrons. The van der Waals surface area contributed by atoms with Crippen LogP contribution < -0.4 is 21.5 Å². The second kappa shape index (κ2) is 8.83. The van der Waals surface area contributed by atoms with E-state index in [1.807, 2.05) is 24.3 Å². The minimum Gasteiger partial charge on any atom is -0.357 e. The highest BCUT2D eigenvalue weighted by Crippen LogP contribution is 2.36. The van der Waals surface area contributed by atoms with E-state index in [1.54, 1.807) is 12.1 Å². The van der Waals surface area contributed by atoms with Gasteiger partial charge in [0, 0.05) is 17.9 Å². The maximum absolute atomic E-state index is 12.9. The first-order valence-corrected chi connectivity index (χ1v) is 9.44. The molecule has 1 aliphatic rings. The van der Waals surface area contributed by atoms with Gasteiger partial charge >= 0.3 is 0 Å². The van der Waals surface area contributed by atoms with Gasteiger partial charge in [0.2, 0.25) is 11.8 Å². The lowest BCUT2D eigenvalue weighted by atomic mass is 10.2. The normalized spacial score (nSPS) is 15.3. The summed E-state index contributed by atoms with van der Waals surface area (Å²) in [6, 6.07) is 13.4. The Bertz CT molecular complexity index is 861. The van der Waals surface area contributed by atoms with Gasteiger partial charge in [0.05, 0.1) is 10.9 Å². The number of anilines is 1. The summed E-state index contributed by atoms with van der Waals surface area (Å²) in [5, 5.41) is 5.40. The van der Waals surface area contributed by atoms with Crippen LogP contribution in [0, 0.1) is 5.82 Å². The Labute approximate surface area is 165 Å². The van der Waals surface area contributed by atoms with Gasteiger partial charge in [-0.05, 0) is 42.0 Å². The molecule has 0 spiro atoms. The third-order valence-electron chi connectivity index (χ3n) is 3.76. The van der Waals surface area contributed by atoms with Crippen LogP contribution in [0.4, 0.5) is 10.1 Å².